The van der Waals surface area contributed by atoms with Crippen molar-refractivity contribution >= 4 is 33.4 Å². The summed E-state index contributed by atoms with van der Waals surface area (Å²) in [6, 6.07) is 0. The van der Waals surface area contributed by atoms with Crippen LogP contribution in [0.15, 0.2) is 0 Å². The Morgan fingerprint density at radius 1 is 0.613 bits per heavy atom. The number of quaternary nitrogens is 2. The molecule has 0 aromatic rings. The van der Waals surface area contributed by atoms with E-state index in [1.807, 2.05) is 31.9 Å². The minimum atomic E-state index is 0.114. The molecule has 6 nitrogen and oxygen atoms in total. The van der Waals surface area contributed by atoms with Gasteiger partial charge in [-0.3, -0.25) is 9.59 Å². The maximum atomic E-state index is 11.9. The van der Waals surface area contributed by atoms with Gasteiger partial charge in [0.1, 0.15) is 0 Å². The van der Waals surface area contributed by atoms with Gasteiger partial charge in [-0.2, -0.15) is 0 Å². The van der Waals surface area contributed by atoms with E-state index in [-0.39, 0.29) is 11.8 Å². The van der Waals surface area contributed by atoms with Crippen LogP contribution in [0.1, 0.15) is 57.8 Å². The molecule has 2 N–H and O–H groups in total. The molecule has 0 aromatic heterocycles. The number of hydrogen-bond acceptors (Lipinski definition) is 4. The number of unbranched alkanes of at least 4 members (excludes halogenated alkanes) is 6. The van der Waals surface area contributed by atoms with Crippen LogP contribution in [0.2, 0.25) is 0 Å². The molecular formula is C23H50N4O2S2+2. The van der Waals surface area contributed by atoms with Crippen molar-refractivity contribution < 1.29 is 18.6 Å². The maximum absolute atomic E-state index is 11.9. The second kappa shape index (κ2) is 18.0. The number of carbonyl (C=O) groups excluding carboxylic acids is 2. The van der Waals surface area contributed by atoms with E-state index in [1.165, 1.54) is 45.1 Å². The van der Waals surface area contributed by atoms with Gasteiger partial charge in [0.2, 0.25) is 5.91 Å². The third-order valence-electron chi connectivity index (χ3n) is 4.67. The van der Waals surface area contributed by atoms with Crippen LogP contribution in [0, 0.1) is 0 Å². The van der Waals surface area contributed by atoms with Gasteiger partial charge in [-0.25, -0.2) is 0 Å². The molecule has 31 heavy (non-hydrogen) atoms. The van der Waals surface area contributed by atoms with Crippen LogP contribution in [0.5, 0.6) is 0 Å². The van der Waals surface area contributed by atoms with E-state index in [0.717, 1.165) is 41.9 Å². The Labute approximate surface area is 200 Å². The Bertz CT molecular complexity index is 477. The molecule has 0 aliphatic rings. The molecule has 0 radical (unpaired) electrons. The smallest absolute Gasteiger partial charge is 0.275 e. The molecular weight excluding hydrogens is 428 g/mol. The Hall–Kier alpha value is -0.440. The maximum Gasteiger partial charge on any atom is 0.275 e. The van der Waals surface area contributed by atoms with Crippen molar-refractivity contribution in [1.29, 1.82) is 0 Å². The average molecular weight is 479 g/mol. The summed E-state index contributed by atoms with van der Waals surface area (Å²) in [5.41, 5.74) is 0. The Morgan fingerprint density at radius 2 is 1.16 bits per heavy atom. The van der Waals surface area contributed by atoms with Gasteiger partial charge in [0.25, 0.3) is 5.91 Å². The molecule has 0 spiro atoms. The molecule has 0 heterocycles. The van der Waals surface area contributed by atoms with Crippen LogP contribution >= 0.6 is 21.6 Å². The number of carbonyl (C=O) groups is 2. The summed E-state index contributed by atoms with van der Waals surface area (Å²) in [5.74, 6) is 2.24. The highest BCUT2D eigenvalue weighted by atomic mass is 33.1. The van der Waals surface area contributed by atoms with Gasteiger partial charge in [0.15, 0.2) is 6.54 Å². The third kappa shape index (κ3) is 25.7. The van der Waals surface area contributed by atoms with Gasteiger partial charge in [0, 0.05) is 31.0 Å². The topological polar surface area (TPSA) is 58.2 Å². The number of nitrogens with one attached hydrogen (secondary N) is 2. The van der Waals surface area contributed by atoms with Crippen molar-refractivity contribution in [1.82, 2.24) is 10.6 Å². The molecule has 0 unspecified atom stereocenters. The molecule has 0 aromatic carbocycles. The van der Waals surface area contributed by atoms with Crippen LogP contribution in [0.25, 0.3) is 0 Å². The fourth-order valence-corrected chi connectivity index (χ4v) is 5.03. The molecule has 0 fully saturated rings. The molecule has 2 amide bonds. The zero-order valence-electron chi connectivity index (χ0n) is 21.1. The highest BCUT2D eigenvalue weighted by molar-refractivity contribution is 8.76. The highest BCUT2D eigenvalue weighted by Crippen LogP contribution is 2.20. The first-order valence-electron chi connectivity index (χ1n) is 11.9. The normalized spacial score (nSPS) is 12.1. The van der Waals surface area contributed by atoms with Crippen molar-refractivity contribution in [3.63, 3.8) is 0 Å². The van der Waals surface area contributed by atoms with Crippen LogP contribution < -0.4 is 10.6 Å². The zero-order valence-corrected chi connectivity index (χ0v) is 22.8. The van der Waals surface area contributed by atoms with E-state index in [4.69, 9.17) is 0 Å². The van der Waals surface area contributed by atoms with Crippen LogP contribution in [-0.4, -0.2) is 101 Å². The second-order valence-corrected chi connectivity index (χ2v) is 13.1. The monoisotopic (exact) mass is 478 g/mol. The second-order valence-electron chi connectivity index (χ2n) is 10.4. The first-order valence-corrected chi connectivity index (χ1v) is 14.4. The fourth-order valence-electron chi connectivity index (χ4n) is 3.04. The molecule has 184 valence electrons. The van der Waals surface area contributed by atoms with Crippen molar-refractivity contribution in [3.05, 3.63) is 0 Å². The van der Waals surface area contributed by atoms with Gasteiger partial charge in [-0.15, -0.1) is 0 Å². The van der Waals surface area contributed by atoms with E-state index in [0.29, 0.717) is 17.4 Å². The Morgan fingerprint density at radius 3 is 1.77 bits per heavy atom. The van der Waals surface area contributed by atoms with E-state index >= 15 is 0 Å². The molecule has 8 heteroatoms. The van der Waals surface area contributed by atoms with Crippen molar-refractivity contribution in [2.75, 3.05) is 80.0 Å². The molecule has 0 atom stereocenters. The number of likely N-dealkylation sites (N-methyl/N-ethyl adjacent to an activating group) is 1. The molecule has 0 rings (SSSR count). The van der Waals surface area contributed by atoms with E-state index < -0.39 is 0 Å². The average Bonchev–Trinajstić information content (AvgIpc) is 2.63. The summed E-state index contributed by atoms with van der Waals surface area (Å²) in [4.78, 5) is 23.6. The number of amides is 2. The van der Waals surface area contributed by atoms with Crippen molar-refractivity contribution in [2.45, 2.75) is 57.8 Å². The summed E-state index contributed by atoms with van der Waals surface area (Å²) in [6.45, 7) is 3.24. The standard InChI is InChI=1S/C23H48N4O2S2/c1-26(2,3)18-13-11-9-7-8-10-12-15-22(28)25-17-20-31-30-19-14-16-24-23(29)21-27(4,5)6/h7-21H2,1-6H3/p+2. The largest absolute Gasteiger partial charge is 0.355 e. The molecule has 0 bridgehead atoms. The first kappa shape index (κ1) is 30.6. The molecule has 0 aliphatic carbocycles. The van der Waals surface area contributed by atoms with Gasteiger partial charge in [-0.1, -0.05) is 47.3 Å². The molecule has 0 saturated heterocycles. The van der Waals surface area contributed by atoms with Crippen LogP contribution in [0.4, 0.5) is 0 Å². The Balaban J connectivity index is 3.32. The summed E-state index contributed by atoms with van der Waals surface area (Å²) < 4.78 is 1.71. The molecule has 0 saturated carbocycles. The highest BCUT2D eigenvalue weighted by Gasteiger charge is 2.13. The summed E-state index contributed by atoms with van der Waals surface area (Å²) >= 11 is 0. The third-order valence-corrected chi connectivity index (χ3v) is 7.16. The predicted octanol–water partition coefficient (Wildman–Crippen LogP) is 3.52. The fraction of sp³-hybridized carbons (Fsp3) is 0.913. The predicted molar refractivity (Wildman–Crippen MR) is 138 cm³/mol. The zero-order chi connectivity index (χ0) is 23.6. The number of nitrogens with zero attached hydrogens (tertiary/aromatic N) is 2. The number of rotatable bonds is 20. The van der Waals surface area contributed by atoms with E-state index in [1.54, 1.807) is 10.8 Å². The van der Waals surface area contributed by atoms with Crippen molar-refractivity contribution in [2.24, 2.45) is 0 Å². The minimum Gasteiger partial charge on any atom is -0.355 e. The van der Waals surface area contributed by atoms with Gasteiger partial charge in [-0.05, 0) is 25.7 Å². The van der Waals surface area contributed by atoms with Crippen molar-refractivity contribution in [3.8, 4) is 0 Å². The van der Waals surface area contributed by atoms with Gasteiger partial charge >= 0.3 is 0 Å². The lowest BCUT2D eigenvalue weighted by atomic mass is 10.1. The summed E-state index contributed by atoms with van der Waals surface area (Å²) in [5, 5.41) is 5.99. The lowest BCUT2D eigenvalue weighted by Crippen LogP contribution is -2.44. The van der Waals surface area contributed by atoms with Crippen LogP contribution in [-0.2, 0) is 9.59 Å². The summed E-state index contributed by atoms with van der Waals surface area (Å²) in [6.07, 6.45) is 10.3. The van der Waals surface area contributed by atoms with Crippen LogP contribution in [0.3, 0.4) is 0 Å². The van der Waals surface area contributed by atoms with Gasteiger partial charge in [0.05, 0.1) is 48.8 Å². The quantitative estimate of drug-likeness (QED) is 0.160. The Kier molecular flexibility index (Phi) is 17.8. The lowest BCUT2D eigenvalue weighted by molar-refractivity contribution is -0.870. The minimum absolute atomic E-state index is 0.114. The number of hydrogen-bond donors (Lipinski definition) is 2. The van der Waals surface area contributed by atoms with E-state index in [2.05, 4.69) is 31.8 Å². The SMILES string of the molecule is C[N+](C)(C)CCCCCCCCCC(=O)NCCSSCCCNC(=O)C[N+](C)(C)C. The van der Waals surface area contributed by atoms with Gasteiger partial charge < -0.3 is 19.6 Å². The lowest BCUT2D eigenvalue weighted by Gasteiger charge is -2.23. The first-order chi connectivity index (χ1) is 14.5. The molecule has 0 aliphatic heterocycles. The summed E-state index contributed by atoms with van der Waals surface area (Å²) in [7, 11) is 16.4. The van der Waals surface area contributed by atoms with E-state index in [9.17, 15) is 9.59 Å².